The van der Waals surface area contributed by atoms with Crippen molar-refractivity contribution in [3.05, 3.63) is 65.7 Å². The number of nitrogens with zero attached hydrogens (tertiary/aromatic N) is 3. The largest absolute Gasteiger partial charge is 0.491 e. The van der Waals surface area contributed by atoms with Gasteiger partial charge in [-0.2, -0.15) is 5.26 Å². The molecular weight excluding hydrogens is 350 g/mol. The summed E-state index contributed by atoms with van der Waals surface area (Å²) in [5.41, 5.74) is 1.98. The highest BCUT2D eigenvalue weighted by Crippen LogP contribution is 2.31. The van der Waals surface area contributed by atoms with E-state index in [2.05, 4.69) is 46.2 Å². The Morgan fingerprint density at radius 2 is 1.71 bits per heavy atom. The number of ether oxygens (including phenoxy) is 1. The van der Waals surface area contributed by atoms with E-state index in [1.807, 2.05) is 0 Å². The van der Waals surface area contributed by atoms with Gasteiger partial charge in [-0.05, 0) is 42.7 Å². The third kappa shape index (κ3) is 4.53. The van der Waals surface area contributed by atoms with Crippen LogP contribution in [0.3, 0.4) is 0 Å². The van der Waals surface area contributed by atoms with Crippen molar-refractivity contribution < 1.29 is 9.84 Å². The molecule has 2 bridgehead atoms. The first kappa shape index (κ1) is 18.9. The van der Waals surface area contributed by atoms with Crippen molar-refractivity contribution in [1.29, 1.82) is 5.26 Å². The summed E-state index contributed by atoms with van der Waals surface area (Å²) in [7, 11) is 0. The molecule has 5 heteroatoms. The first-order valence-corrected chi connectivity index (χ1v) is 10.0. The SMILES string of the molecule is N#Cc1ccc(OCC(O)CN2C3CCC2CN(Cc2ccccc2)C3)cc1. The van der Waals surface area contributed by atoms with Crippen LogP contribution in [0.5, 0.6) is 5.75 Å². The topological polar surface area (TPSA) is 59.7 Å². The Hall–Kier alpha value is -2.39. The Kier molecular flexibility index (Phi) is 5.92. The van der Waals surface area contributed by atoms with E-state index >= 15 is 0 Å². The number of fused-ring (bicyclic) bond motifs is 2. The Balaban J connectivity index is 1.26. The van der Waals surface area contributed by atoms with Gasteiger partial charge in [0.15, 0.2) is 0 Å². The average molecular weight is 377 g/mol. The van der Waals surface area contributed by atoms with Crippen LogP contribution >= 0.6 is 0 Å². The van der Waals surface area contributed by atoms with Crippen LogP contribution in [0, 0.1) is 11.3 Å². The number of benzene rings is 2. The number of rotatable bonds is 7. The third-order valence-corrected chi connectivity index (χ3v) is 5.81. The van der Waals surface area contributed by atoms with Crippen molar-refractivity contribution in [2.24, 2.45) is 0 Å². The molecule has 0 amide bonds. The highest BCUT2D eigenvalue weighted by Gasteiger charge is 2.40. The van der Waals surface area contributed by atoms with E-state index in [-0.39, 0.29) is 6.61 Å². The maximum absolute atomic E-state index is 10.5. The van der Waals surface area contributed by atoms with Crippen molar-refractivity contribution in [3.8, 4) is 11.8 Å². The number of hydrogen-bond acceptors (Lipinski definition) is 5. The summed E-state index contributed by atoms with van der Waals surface area (Å²) < 4.78 is 5.70. The molecule has 2 aromatic carbocycles. The van der Waals surface area contributed by atoms with E-state index in [0.29, 0.717) is 29.9 Å². The van der Waals surface area contributed by atoms with E-state index < -0.39 is 6.10 Å². The van der Waals surface area contributed by atoms with Gasteiger partial charge in [0.05, 0.1) is 11.6 Å². The second-order valence-electron chi connectivity index (χ2n) is 7.86. The predicted molar refractivity (Wildman–Crippen MR) is 108 cm³/mol. The number of nitriles is 1. The molecule has 0 aliphatic carbocycles. The molecule has 4 rings (SSSR count). The Morgan fingerprint density at radius 3 is 2.36 bits per heavy atom. The Morgan fingerprint density at radius 1 is 1.04 bits per heavy atom. The average Bonchev–Trinajstić information content (AvgIpc) is 2.95. The van der Waals surface area contributed by atoms with E-state index in [1.165, 1.54) is 18.4 Å². The third-order valence-electron chi connectivity index (χ3n) is 5.81. The molecule has 2 aromatic rings. The van der Waals surface area contributed by atoms with Crippen LogP contribution in [0.2, 0.25) is 0 Å². The normalized spacial score (nSPS) is 23.3. The van der Waals surface area contributed by atoms with Crippen molar-refractivity contribution >= 4 is 0 Å². The summed E-state index contributed by atoms with van der Waals surface area (Å²) >= 11 is 0. The van der Waals surface area contributed by atoms with E-state index in [9.17, 15) is 5.11 Å². The maximum Gasteiger partial charge on any atom is 0.119 e. The molecule has 3 unspecified atom stereocenters. The van der Waals surface area contributed by atoms with Crippen LogP contribution in [-0.2, 0) is 6.54 Å². The van der Waals surface area contributed by atoms with Crippen LogP contribution in [0.15, 0.2) is 54.6 Å². The smallest absolute Gasteiger partial charge is 0.119 e. The van der Waals surface area contributed by atoms with E-state index in [4.69, 9.17) is 10.00 Å². The quantitative estimate of drug-likeness (QED) is 0.804. The molecule has 2 aliphatic rings. The summed E-state index contributed by atoms with van der Waals surface area (Å²) in [5.74, 6) is 0.689. The van der Waals surface area contributed by atoms with Gasteiger partial charge in [-0.25, -0.2) is 0 Å². The molecule has 0 saturated carbocycles. The second-order valence-corrected chi connectivity index (χ2v) is 7.86. The lowest BCUT2D eigenvalue weighted by molar-refractivity contribution is 0.00915. The monoisotopic (exact) mass is 377 g/mol. The molecule has 3 atom stereocenters. The zero-order valence-electron chi connectivity index (χ0n) is 16.1. The number of piperazine rings is 1. The molecule has 2 fully saturated rings. The van der Waals surface area contributed by atoms with Crippen LogP contribution in [0.25, 0.3) is 0 Å². The van der Waals surface area contributed by atoms with Crippen LogP contribution < -0.4 is 4.74 Å². The first-order valence-electron chi connectivity index (χ1n) is 10.0. The predicted octanol–water partition coefficient (Wildman–Crippen LogP) is 2.65. The van der Waals surface area contributed by atoms with Crippen molar-refractivity contribution in [2.45, 2.75) is 37.6 Å². The maximum atomic E-state index is 10.5. The summed E-state index contributed by atoms with van der Waals surface area (Å²) in [5, 5.41) is 19.3. The highest BCUT2D eigenvalue weighted by atomic mass is 16.5. The van der Waals surface area contributed by atoms with Gasteiger partial charge < -0.3 is 9.84 Å². The molecule has 2 heterocycles. The zero-order chi connectivity index (χ0) is 19.3. The van der Waals surface area contributed by atoms with Crippen LogP contribution in [0.1, 0.15) is 24.0 Å². The molecule has 146 valence electrons. The fourth-order valence-corrected chi connectivity index (χ4v) is 4.46. The molecule has 0 radical (unpaired) electrons. The van der Waals surface area contributed by atoms with Crippen molar-refractivity contribution in [3.63, 3.8) is 0 Å². The van der Waals surface area contributed by atoms with Gasteiger partial charge in [0.1, 0.15) is 18.5 Å². The lowest BCUT2D eigenvalue weighted by atomic mass is 10.1. The minimum atomic E-state index is -0.514. The number of likely N-dealkylation sites (tertiary alicyclic amines) is 1. The minimum absolute atomic E-state index is 0.273. The van der Waals surface area contributed by atoms with Gasteiger partial charge in [0, 0.05) is 38.3 Å². The molecule has 0 spiro atoms. The number of aliphatic hydroxyl groups excluding tert-OH is 1. The van der Waals surface area contributed by atoms with Gasteiger partial charge in [-0.3, -0.25) is 9.80 Å². The molecule has 2 aliphatic heterocycles. The molecule has 28 heavy (non-hydrogen) atoms. The van der Waals surface area contributed by atoms with Crippen molar-refractivity contribution in [2.75, 3.05) is 26.2 Å². The van der Waals surface area contributed by atoms with Gasteiger partial charge in [0.25, 0.3) is 0 Å². The fraction of sp³-hybridized carbons (Fsp3) is 0.435. The van der Waals surface area contributed by atoms with Gasteiger partial charge in [-0.1, -0.05) is 30.3 Å². The number of aliphatic hydroxyl groups is 1. The molecule has 0 aromatic heterocycles. The fourth-order valence-electron chi connectivity index (χ4n) is 4.46. The zero-order valence-corrected chi connectivity index (χ0v) is 16.1. The second kappa shape index (κ2) is 8.74. The molecule has 5 nitrogen and oxygen atoms in total. The van der Waals surface area contributed by atoms with Crippen molar-refractivity contribution in [1.82, 2.24) is 9.80 Å². The Bertz CT molecular complexity index is 789. The van der Waals surface area contributed by atoms with E-state index in [1.54, 1.807) is 24.3 Å². The summed E-state index contributed by atoms with van der Waals surface area (Å²) in [6.07, 6.45) is 1.90. The summed E-state index contributed by atoms with van der Waals surface area (Å²) in [4.78, 5) is 5.03. The highest BCUT2D eigenvalue weighted by molar-refractivity contribution is 5.34. The molecular formula is C23H27N3O2. The number of hydrogen-bond donors (Lipinski definition) is 1. The lowest BCUT2D eigenvalue weighted by Gasteiger charge is -2.41. The molecule has 2 saturated heterocycles. The molecule has 1 N–H and O–H groups in total. The summed E-state index contributed by atoms with van der Waals surface area (Å²) in [6.45, 7) is 4.07. The van der Waals surface area contributed by atoms with Gasteiger partial charge in [-0.15, -0.1) is 0 Å². The van der Waals surface area contributed by atoms with Gasteiger partial charge in [0.2, 0.25) is 0 Å². The first-order chi connectivity index (χ1) is 13.7. The lowest BCUT2D eigenvalue weighted by Crippen LogP contribution is -2.55. The summed E-state index contributed by atoms with van der Waals surface area (Å²) in [6, 6.07) is 20.8. The van der Waals surface area contributed by atoms with Gasteiger partial charge >= 0.3 is 0 Å². The van der Waals surface area contributed by atoms with Crippen LogP contribution in [-0.4, -0.2) is 59.3 Å². The van der Waals surface area contributed by atoms with E-state index in [0.717, 1.165) is 19.6 Å². The minimum Gasteiger partial charge on any atom is -0.491 e. The standard InChI is InChI=1S/C23H27N3O2/c24-12-18-6-10-23(11-7-18)28-17-22(27)16-26-20-8-9-21(26)15-25(14-20)13-19-4-2-1-3-5-19/h1-7,10-11,20-22,27H,8-9,13-17H2. The van der Waals surface area contributed by atoms with Crippen LogP contribution in [0.4, 0.5) is 0 Å². The Labute approximate surface area is 166 Å².